The Kier molecular flexibility index (Phi) is 5.12. The van der Waals surface area contributed by atoms with E-state index in [0.717, 1.165) is 6.26 Å². The Morgan fingerprint density at radius 2 is 2.17 bits per heavy atom. The van der Waals surface area contributed by atoms with Crippen molar-refractivity contribution >= 4 is 15.9 Å². The van der Waals surface area contributed by atoms with Crippen molar-refractivity contribution in [1.29, 1.82) is 0 Å². The van der Waals surface area contributed by atoms with E-state index in [0.29, 0.717) is 49.6 Å². The second-order valence-electron chi connectivity index (χ2n) is 6.07. The maximum atomic E-state index is 12.7. The van der Waals surface area contributed by atoms with Gasteiger partial charge in [-0.25, -0.2) is 13.1 Å². The topological polar surface area (TPSA) is 102 Å². The minimum Gasteiger partial charge on any atom is -0.385 e. The lowest BCUT2D eigenvalue weighted by molar-refractivity contribution is 0.0773. The summed E-state index contributed by atoms with van der Waals surface area (Å²) < 4.78 is 36.2. The number of hydrogen-bond acceptors (Lipinski definition) is 6. The van der Waals surface area contributed by atoms with Crippen LogP contribution in [0.15, 0.2) is 4.52 Å². The van der Waals surface area contributed by atoms with Gasteiger partial charge in [0, 0.05) is 26.8 Å². The summed E-state index contributed by atoms with van der Waals surface area (Å²) in [6, 6.07) is 0. The molecule has 1 unspecified atom stereocenters. The lowest BCUT2D eigenvalue weighted by Gasteiger charge is -2.29. The summed E-state index contributed by atoms with van der Waals surface area (Å²) in [5.74, 6) is 0.286. The Hall–Kier alpha value is -1.45. The van der Waals surface area contributed by atoms with Gasteiger partial charge < -0.3 is 14.2 Å². The van der Waals surface area contributed by atoms with Gasteiger partial charge in [0.2, 0.25) is 10.0 Å². The fourth-order valence-corrected chi connectivity index (χ4v) is 4.08. The van der Waals surface area contributed by atoms with Crippen molar-refractivity contribution in [3.8, 4) is 0 Å². The molecule has 0 saturated carbocycles. The second-order valence-corrected chi connectivity index (χ2v) is 7.82. The van der Waals surface area contributed by atoms with Gasteiger partial charge in [0.05, 0.1) is 17.5 Å². The van der Waals surface area contributed by atoms with E-state index >= 15 is 0 Å². The van der Waals surface area contributed by atoms with Gasteiger partial charge >= 0.3 is 0 Å². The fraction of sp³-hybridized carbons (Fsp3) is 0.714. The first kappa shape index (κ1) is 17.9. The highest BCUT2D eigenvalue weighted by Gasteiger charge is 2.42. The Balaban J connectivity index is 2.20. The number of ether oxygens (including phenoxy) is 1. The van der Waals surface area contributed by atoms with E-state index < -0.39 is 15.6 Å². The van der Waals surface area contributed by atoms with Crippen LogP contribution in [0.2, 0.25) is 0 Å². The van der Waals surface area contributed by atoms with Crippen LogP contribution < -0.4 is 4.72 Å². The van der Waals surface area contributed by atoms with Crippen LogP contribution in [-0.2, 0) is 14.8 Å². The van der Waals surface area contributed by atoms with Gasteiger partial charge in [0.25, 0.3) is 5.91 Å². The second kappa shape index (κ2) is 6.58. The summed E-state index contributed by atoms with van der Waals surface area (Å²) in [5.41, 5.74) is 0.294. The van der Waals surface area contributed by atoms with E-state index in [1.807, 2.05) is 0 Å². The number of hydrogen-bond donors (Lipinski definition) is 1. The van der Waals surface area contributed by atoms with E-state index in [-0.39, 0.29) is 5.91 Å². The molecule has 9 heteroatoms. The first-order valence-electron chi connectivity index (χ1n) is 7.37. The Morgan fingerprint density at radius 3 is 2.70 bits per heavy atom. The molecule has 1 aromatic rings. The number of aryl methyl sites for hydroxylation is 2. The predicted molar refractivity (Wildman–Crippen MR) is 83.7 cm³/mol. The van der Waals surface area contributed by atoms with Crippen molar-refractivity contribution in [2.75, 3.05) is 33.1 Å². The Morgan fingerprint density at radius 1 is 1.48 bits per heavy atom. The maximum Gasteiger partial charge on any atom is 0.259 e. The molecule has 1 saturated heterocycles. The van der Waals surface area contributed by atoms with E-state index in [4.69, 9.17) is 9.26 Å². The third kappa shape index (κ3) is 4.10. The Bertz CT molecular complexity index is 665. The number of nitrogens with zero attached hydrogens (tertiary/aromatic N) is 2. The lowest BCUT2D eigenvalue weighted by atomic mass is 9.96. The summed E-state index contributed by atoms with van der Waals surface area (Å²) in [6.45, 7) is 4.58. The average Bonchev–Trinajstić information content (AvgIpc) is 2.99. The van der Waals surface area contributed by atoms with Gasteiger partial charge in [-0.15, -0.1) is 0 Å². The molecular formula is C14H23N3O5S. The van der Waals surface area contributed by atoms with E-state index in [9.17, 15) is 13.2 Å². The van der Waals surface area contributed by atoms with Crippen LogP contribution in [0.5, 0.6) is 0 Å². The molecular weight excluding hydrogens is 322 g/mol. The first-order valence-corrected chi connectivity index (χ1v) is 9.27. The number of rotatable bonds is 6. The van der Waals surface area contributed by atoms with E-state index in [1.165, 1.54) is 0 Å². The van der Waals surface area contributed by atoms with Crippen molar-refractivity contribution in [1.82, 2.24) is 14.8 Å². The maximum absolute atomic E-state index is 12.7. The minimum atomic E-state index is -3.39. The van der Waals surface area contributed by atoms with Crippen molar-refractivity contribution in [3.05, 3.63) is 17.0 Å². The third-order valence-electron chi connectivity index (χ3n) is 4.07. The van der Waals surface area contributed by atoms with Gasteiger partial charge in [-0.3, -0.25) is 4.79 Å². The zero-order chi connectivity index (χ0) is 17.3. The number of sulfonamides is 1. The van der Waals surface area contributed by atoms with Crippen molar-refractivity contribution in [2.24, 2.45) is 0 Å². The van der Waals surface area contributed by atoms with Crippen molar-refractivity contribution in [2.45, 2.75) is 32.2 Å². The number of likely N-dealkylation sites (tertiary alicyclic amines) is 1. The third-order valence-corrected chi connectivity index (χ3v) is 4.88. The van der Waals surface area contributed by atoms with Gasteiger partial charge in [0.1, 0.15) is 11.3 Å². The molecule has 1 fully saturated rings. The SMILES string of the molecule is COCCC1(NS(C)(=O)=O)CCN(C(=O)c2c(C)noc2C)C1. The van der Waals surface area contributed by atoms with Gasteiger partial charge in [-0.1, -0.05) is 5.16 Å². The molecule has 130 valence electrons. The number of carbonyl (C=O) groups excluding carboxylic acids is 1. The molecule has 2 heterocycles. The first-order chi connectivity index (χ1) is 10.7. The molecule has 1 N–H and O–H groups in total. The van der Waals surface area contributed by atoms with E-state index in [1.54, 1.807) is 25.9 Å². The number of aromatic nitrogens is 1. The van der Waals surface area contributed by atoms with Gasteiger partial charge in [-0.05, 0) is 26.7 Å². The van der Waals surface area contributed by atoms with Crippen LogP contribution in [0.1, 0.15) is 34.7 Å². The van der Waals surface area contributed by atoms with Crippen molar-refractivity contribution < 1.29 is 22.5 Å². The summed E-state index contributed by atoms with van der Waals surface area (Å²) in [7, 11) is -1.82. The van der Waals surface area contributed by atoms with Crippen LogP contribution >= 0.6 is 0 Å². The standard InChI is InChI=1S/C14H23N3O5S/c1-10-12(11(2)22-15-10)13(18)17-7-5-14(9-17,6-8-21-3)16-23(4,19)20/h16H,5-9H2,1-4H3. The average molecular weight is 345 g/mol. The zero-order valence-corrected chi connectivity index (χ0v) is 14.7. The molecule has 0 aliphatic carbocycles. The highest BCUT2D eigenvalue weighted by molar-refractivity contribution is 7.88. The smallest absolute Gasteiger partial charge is 0.259 e. The highest BCUT2D eigenvalue weighted by Crippen LogP contribution is 2.28. The van der Waals surface area contributed by atoms with Gasteiger partial charge in [0.15, 0.2) is 0 Å². The summed E-state index contributed by atoms with van der Waals surface area (Å²) in [6.07, 6.45) is 2.17. The summed E-state index contributed by atoms with van der Waals surface area (Å²) >= 11 is 0. The quantitative estimate of drug-likeness (QED) is 0.804. The largest absolute Gasteiger partial charge is 0.385 e. The van der Waals surface area contributed by atoms with E-state index in [2.05, 4.69) is 9.88 Å². The van der Waals surface area contributed by atoms with Crippen LogP contribution in [0.25, 0.3) is 0 Å². The molecule has 2 rings (SSSR count). The molecule has 8 nitrogen and oxygen atoms in total. The van der Waals surface area contributed by atoms with Crippen molar-refractivity contribution in [3.63, 3.8) is 0 Å². The minimum absolute atomic E-state index is 0.184. The highest BCUT2D eigenvalue weighted by atomic mass is 32.2. The predicted octanol–water partition coefficient (Wildman–Crippen LogP) is 0.462. The summed E-state index contributed by atoms with van der Waals surface area (Å²) in [4.78, 5) is 14.3. The number of amides is 1. The fourth-order valence-electron chi connectivity index (χ4n) is 3.02. The molecule has 1 aliphatic heterocycles. The number of nitrogens with one attached hydrogen (secondary N) is 1. The normalized spacial score (nSPS) is 21.8. The molecule has 0 radical (unpaired) electrons. The zero-order valence-electron chi connectivity index (χ0n) is 13.9. The lowest BCUT2D eigenvalue weighted by Crippen LogP contribution is -2.51. The number of carbonyl (C=O) groups is 1. The summed E-state index contributed by atoms with van der Waals surface area (Å²) in [5, 5.41) is 3.80. The van der Waals surface area contributed by atoms with Crippen LogP contribution in [0.3, 0.4) is 0 Å². The molecule has 23 heavy (non-hydrogen) atoms. The molecule has 0 aromatic carbocycles. The molecule has 0 spiro atoms. The molecule has 0 bridgehead atoms. The molecule has 1 aliphatic rings. The van der Waals surface area contributed by atoms with Crippen LogP contribution in [-0.4, -0.2) is 63.0 Å². The van der Waals surface area contributed by atoms with Gasteiger partial charge in [-0.2, -0.15) is 0 Å². The molecule has 1 atom stereocenters. The monoisotopic (exact) mass is 345 g/mol. The number of methoxy groups -OCH3 is 1. The van der Waals surface area contributed by atoms with Crippen LogP contribution in [0, 0.1) is 13.8 Å². The molecule has 1 amide bonds. The van der Waals surface area contributed by atoms with Crippen LogP contribution in [0.4, 0.5) is 0 Å². The Labute approximate surface area is 136 Å². The molecule has 1 aromatic heterocycles.